The van der Waals surface area contributed by atoms with Crippen LogP contribution in [0.5, 0.6) is 0 Å². The van der Waals surface area contributed by atoms with Crippen molar-refractivity contribution in [3.8, 4) is 0 Å². The summed E-state index contributed by atoms with van der Waals surface area (Å²) in [6.07, 6.45) is 6.30. The molecule has 0 unspecified atom stereocenters. The van der Waals surface area contributed by atoms with Crippen molar-refractivity contribution in [1.29, 1.82) is 0 Å². The summed E-state index contributed by atoms with van der Waals surface area (Å²) < 4.78 is 14.3. The van der Waals surface area contributed by atoms with E-state index in [1.54, 1.807) is 18.3 Å². The topological polar surface area (TPSA) is 38.1 Å². The van der Waals surface area contributed by atoms with Gasteiger partial charge < -0.3 is 4.90 Å². The third-order valence-corrected chi connectivity index (χ3v) is 4.51. The molecule has 1 saturated heterocycles. The first-order valence-corrected chi connectivity index (χ1v) is 8.28. The number of halogens is 2. The zero-order valence-corrected chi connectivity index (χ0v) is 13.6. The summed E-state index contributed by atoms with van der Waals surface area (Å²) in [6, 6.07) is 6.02. The number of aromatic nitrogens is 2. The molecule has 1 aromatic heterocycles. The van der Waals surface area contributed by atoms with Crippen molar-refractivity contribution in [1.82, 2.24) is 9.78 Å². The third-order valence-electron chi connectivity index (χ3n) is 4.16. The molecular weight excluding hydrogens is 317 g/mol. The molecule has 3 rings (SSSR count). The van der Waals surface area contributed by atoms with Gasteiger partial charge in [-0.1, -0.05) is 36.6 Å². The van der Waals surface area contributed by atoms with Crippen LogP contribution in [0.3, 0.4) is 0 Å². The second-order valence-corrected chi connectivity index (χ2v) is 6.21. The normalized spacial score (nSPS) is 15.5. The molecule has 4 nitrogen and oxygen atoms in total. The summed E-state index contributed by atoms with van der Waals surface area (Å²) >= 11 is 6.30. The van der Waals surface area contributed by atoms with Gasteiger partial charge in [-0.3, -0.25) is 4.79 Å². The lowest BCUT2D eigenvalue weighted by molar-refractivity contribution is 0.618. The van der Waals surface area contributed by atoms with Gasteiger partial charge in [0, 0.05) is 13.1 Å². The van der Waals surface area contributed by atoms with E-state index in [1.807, 2.05) is 0 Å². The predicted octanol–water partition coefficient (Wildman–Crippen LogP) is 3.46. The Morgan fingerprint density at radius 1 is 1.09 bits per heavy atom. The number of nitrogens with zero attached hydrogens (tertiary/aromatic N) is 3. The van der Waals surface area contributed by atoms with Crippen LogP contribution in [-0.2, 0) is 6.54 Å². The Labute approximate surface area is 139 Å². The van der Waals surface area contributed by atoms with Crippen molar-refractivity contribution in [3.63, 3.8) is 0 Å². The van der Waals surface area contributed by atoms with Crippen LogP contribution in [-0.4, -0.2) is 22.9 Å². The Kier molecular flexibility index (Phi) is 4.96. The van der Waals surface area contributed by atoms with E-state index in [-0.39, 0.29) is 22.9 Å². The minimum Gasteiger partial charge on any atom is -0.369 e. The highest BCUT2D eigenvalue weighted by atomic mass is 35.5. The van der Waals surface area contributed by atoms with Crippen LogP contribution in [0.4, 0.5) is 10.1 Å². The fourth-order valence-electron chi connectivity index (χ4n) is 2.86. The second kappa shape index (κ2) is 7.13. The van der Waals surface area contributed by atoms with Crippen LogP contribution >= 0.6 is 11.6 Å². The number of rotatable bonds is 3. The molecule has 0 atom stereocenters. The van der Waals surface area contributed by atoms with Gasteiger partial charge in [0.15, 0.2) is 0 Å². The molecule has 1 aromatic carbocycles. The van der Waals surface area contributed by atoms with Crippen molar-refractivity contribution in [3.05, 3.63) is 57.2 Å². The maximum atomic E-state index is 13.0. The molecule has 1 aliphatic rings. The van der Waals surface area contributed by atoms with Crippen molar-refractivity contribution >= 4 is 17.3 Å². The van der Waals surface area contributed by atoms with E-state index in [9.17, 15) is 9.18 Å². The van der Waals surface area contributed by atoms with Crippen molar-refractivity contribution in [2.24, 2.45) is 0 Å². The first-order chi connectivity index (χ1) is 11.1. The number of anilines is 1. The highest BCUT2D eigenvalue weighted by molar-refractivity contribution is 6.33. The van der Waals surface area contributed by atoms with Crippen LogP contribution < -0.4 is 10.5 Å². The molecule has 0 N–H and O–H groups in total. The molecule has 0 saturated carbocycles. The molecule has 0 radical (unpaired) electrons. The molecule has 0 spiro atoms. The fraction of sp³-hybridized carbons (Fsp3) is 0.412. The molecule has 0 amide bonds. The zero-order valence-electron chi connectivity index (χ0n) is 12.8. The average molecular weight is 336 g/mol. The first-order valence-electron chi connectivity index (χ1n) is 7.90. The second-order valence-electron chi connectivity index (χ2n) is 5.83. The standard InChI is InChI=1S/C17H19ClFN3O/c18-16-15(21-9-3-1-2-4-10-21)11-20-22(17(16)23)12-13-5-7-14(19)8-6-13/h5-8,11H,1-4,9-10,12H2. The van der Waals surface area contributed by atoms with E-state index in [0.29, 0.717) is 5.69 Å². The largest absolute Gasteiger partial charge is 0.369 e. The third kappa shape index (κ3) is 3.72. The summed E-state index contributed by atoms with van der Waals surface area (Å²) in [7, 11) is 0. The van der Waals surface area contributed by atoms with Gasteiger partial charge in [0.25, 0.3) is 5.56 Å². The summed E-state index contributed by atoms with van der Waals surface area (Å²) in [6.45, 7) is 2.09. The SMILES string of the molecule is O=c1c(Cl)c(N2CCCCCC2)cnn1Cc1ccc(F)cc1. The Hall–Kier alpha value is -1.88. The van der Waals surface area contributed by atoms with Crippen molar-refractivity contribution in [2.45, 2.75) is 32.2 Å². The maximum Gasteiger partial charge on any atom is 0.287 e. The smallest absolute Gasteiger partial charge is 0.287 e. The molecule has 23 heavy (non-hydrogen) atoms. The highest BCUT2D eigenvalue weighted by Gasteiger charge is 2.17. The van der Waals surface area contributed by atoms with Crippen molar-refractivity contribution in [2.75, 3.05) is 18.0 Å². The van der Waals surface area contributed by atoms with Gasteiger partial charge >= 0.3 is 0 Å². The number of benzene rings is 1. The van der Waals surface area contributed by atoms with E-state index in [4.69, 9.17) is 11.6 Å². The average Bonchev–Trinajstić information content (AvgIpc) is 2.83. The van der Waals surface area contributed by atoms with Crippen molar-refractivity contribution < 1.29 is 4.39 Å². The monoisotopic (exact) mass is 335 g/mol. The first kappa shape index (κ1) is 16.0. The van der Waals surface area contributed by atoms with Gasteiger partial charge in [0.2, 0.25) is 0 Å². The molecule has 0 bridgehead atoms. The Bertz CT molecular complexity index is 722. The van der Waals surface area contributed by atoms with Crippen LogP contribution in [0.15, 0.2) is 35.3 Å². The molecule has 6 heteroatoms. The molecular formula is C17H19ClFN3O. The van der Waals surface area contributed by atoms with E-state index in [1.165, 1.54) is 29.7 Å². The van der Waals surface area contributed by atoms with E-state index in [2.05, 4.69) is 10.00 Å². The van der Waals surface area contributed by atoms with Crippen LogP contribution in [0.25, 0.3) is 0 Å². The van der Waals surface area contributed by atoms with Gasteiger partial charge in [-0.05, 0) is 30.5 Å². The van der Waals surface area contributed by atoms with Crippen LogP contribution in [0.2, 0.25) is 5.02 Å². The van der Waals surface area contributed by atoms with Gasteiger partial charge in [-0.15, -0.1) is 0 Å². The lowest BCUT2D eigenvalue weighted by Crippen LogP contribution is -2.30. The molecule has 1 fully saturated rings. The number of hydrogen-bond donors (Lipinski definition) is 0. The molecule has 122 valence electrons. The van der Waals surface area contributed by atoms with E-state index < -0.39 is 0 Å². The predicted molar refractivity (Wildman–Crippen MR) is 89.7 cm³/mol. The fourth-order valence-corrected chi connectivity index (χ4v) is 3.13. The van der Waals surface area contributed by atoms with Gasteiger partial charge in [-0.2, -0.15) is 5.10 Å². The van der Waals surface area contributed by atoms with E-state index in [0.717, 1.165) is 31.5 Å². The summed E-state index contributed by atoms with van der Waals surface area (Å²) in [5.41, 5.74) is 1.21. The quantitative estimate of drug-likeness (QED) is 0.862. The summed E-state index contributed by atoms with van der Waals surface area (Å²) in [5, 5.41) is 4.46. The van der Waals surface area contributed by atoms with Gasteiger partial charge in [-0.25, -0.2) is 9.07 Å². The minimum atomic E-state index is -0.308. The lowest BCUT2D eigenvalue weighted by atomic mass is 10.2. The summed E-state index contributed by atoms with van der Waals surface area (Å²) in [4.78, 5) is 14.6. The number of hydrogen-bond acceptors (Lipinski definition) is 3. The van der Waals surface area contributed by atoms with Gasteiger partial charge in [0.1, 0.15) is 10.8 Å². The highest BCUT2D eigenvalue weighted by Crippen LogP contribution is 2.24. The Morgan fingerprint density at radius 3 is 2.39 bits per heavy atom. The molecule has 2 heterocycles. The van der Waals surface area contributed by atoms with Crippen LogP contribution in [0, 0.1) is 5.82 Å². The Balaban J connectivity index is 1.85. The lowest BCUT2D eigenvalue weighted by Gasteiger charge is -2.23. The zero-order chi connectivity index (χ0) is 16.2. The molecule has 1 aliphatic heterocycles. The molecule has 2 aromatic rings. The minimum absolute atomic E-state index is 0.212. The Morgan fingerprint density at radius 2 is 1.74 bits per heavy atom. The summed E-state index contributed by atoms with van der Waals surface area (Å²) in [5.74, 6) is -0.302. The van der Waals surface area contributed by atoms with Crippen LogP contribution in [0.1, 0.15) is 31.2 Å². The molecule has 0 aliphatic carbocycles. The maximum absolute atomic E-state index is 13.0. The van der Waals surface area contributed by atoms with Gasteiger partial charge in [0.05, 0.1) is 18.4 Å². The van der Waals surface area contributed by atoms with E-state index >= 15 is 0 Å².